The molecular weight excluding hydrogens is 280 g/mol. The van der Waals surface area contributed by atoms with E-state index in [0.717, 1.165) is 0 Å². The first kappa shape index (κ1) is 19.1. The Kier molecular flexibility index (Phi) is 5.94. The van der Waals surface area contributed by atoms with Gasteiger partial charge in [0.2, 0.25) is 17.6 Å². The van der Waals surface area contributed by atoms with E-state index < -0.39 is 49.3 Å². The lowest BCUT2D eigenvalue weighted by Crippen LogP contribution is -2.76. The third-order valence-corrected chi connectivity index (χ3v) is 2.55. The first-order valence-electron chi connectivity index (χ1n) is 5.34. The summed E-state index contributed by atoms with van der Waals surface area (Å²) in [7, 11) is 0. The third-order valence-electron chi connectivity index (χ3n) is 2.55. The molecule has 0 spiro atoms. The highest BCUT2D eigenvalue weighted by Gasteiger charge is 2.57. The summed E-state index contributed by atoms with van der Waals surface area (Å²) in [5, 5.41) is 66.4. The van der Waals surface area contributed by atoms with Crippen LogP contribution >= 0.6 is 0 Å². The fourth-order valence-electron chi connectivity index (χ4n) is 1.52. The van der Waals surface area contributed by atoms with Crippen LogP contribution in [-0.4, -0.2) is 89.9 Å². The number of aliphatic carboxylic acids is 1. The van der Waals surface area contributed by atoms with Gasteiger partial charge in [0.1, 0.15) is 0 Å². The summed E-state index contributed by atoms with van der Waals surface area (Å²) < 4.78 is 0. The molecule has 0 saturated carbocycles. The van der Waals surface area contributed by atoms with Gasteiger partial charge in [0.05, 0.1) is 13.1 Å². The molecule has 0 aromatic carbocycles. The van der Waals surface area contributed by atoms with Gasteiger partial charge in [-0.1, -0.05) is 0 Å². The van der Waals surface area contributed by atoms with Crippen molar-refractivity contribution in [2.75, 3.05) is 19.6 Å². The molecule has 0 unspecified atom stereocenters. The number of carboxylic acids is 1. The second-order valence-electron chi connectivity index (χ2n) is 4.15. The normalized spacial score (nSPS) is 15.5. The van der Waals surface area contributed by atoms with Crippen molar-refractivity contribution in [1.29, 1.82) is 0 Å². The molecule has 12 nitrogen and oxygen atoms in total. The molecule has 0 saturated heterocycles. The number of hydrogen-bond donors (Lipinski definition) is 10. The van der Waals surface area contributed by atoms with Crippen molar-refractivity contribution in [3.05, 3.63) is 0 Å². The van der Waals surface area contributed by atoms with Crippen LogP contribution in [0.15, 0.2) is 0 Å². The fourth-order valence-corrected chi connectivity index (χ4v) is 1.52. The van der Waals surface area contributed by atoms with E-state index in [0.29, 0.717) is 0 Å². The van der Waals surface area contributed by atoms with E-state index in [4.69, 9.17) is 22.3 Å². The minimum Gasteiger partial charge on any atom is -0.480 e. The minimum atomic E-state index is -3.32. The van der Waals surface area contributed by atoms with Crippen LogP contribution in [0.3, 0.4) is 0 Å². The molecule has 0 fully saturated rings. The maximum absolute atomic E-state index is 11.1. The van der Waals surface area contributed by atoms with Gasteiger partial charge in [-0.15, -0.1) is 0 Å². The first-order chi connectivity index (χ1) is 8.87. The van der Waals surface area contributed by atoms with Gasteiger partial charge in [0.25, 0.3) is 0 Å². The molecule has 20 heavy (non-hydrogen) atoms. The standard InChI is InChI=1S/C8H20N4O8/c9-1-6(15,16)4(5(13)14)12(7(17,18)2-10)8(19,20)3-11/h4,15-20H,1-3,9-11H2,(H,13,14)/t4-/m1/s1. The topological polar surface area (TPSA) is 240 Å². The number of carbonyl (C=O) groups is 1. The van der Waals surface area contributed by atoms with Crippen molar-refractivity contribution >= 4 is 5.97 Å². The zero-order chi connectivity index (χ0) is 16.4. The Morgan fingerprint density at radius 1 is 0.900 bits per heavy atom. The highest BCUT2D eigenvalue weighted by Crippen LogP contribution is 2.26. The van der Waals surface area contributed by atoms with Crippen LogP contribution in [0, 0.1) is 0 Å². The Balaban J connectivity index is 6.01. The minimum absolute atomic E-state index is 0.366. The van der Waals surface area contributed by atoms with Gasteiger partial charge in [0.15, 0.2) is 6.04 Å². The van der Waals surface area contributed by atoms with Crippen LogP contribution in [0.2, 0.25) is 0 Å². The summed E-state index contributed by atoms with van der Waals surface area (Å²) in [6, 6.07) is -2.65. The Bertz CT molecular complexity index is 331. The fraction of sp³-hybridized carbons (Fsp3) is 0.875. The Morgan fingerprint density at radius 2 is 1.25 bits per heavy atom. The van der Waals surface area contributed by atoms with Gasteiger partial charge in [-0.3, -0.25) is 4.79 Å². The van der Waals surface area contributed by atoms with Crippen LogP contribution in [0.4, 0.5) is 0 Å². The van der Waals surface area contributed by atoms with Crippen LogP contribution in [0.1, 0.15) is 0 Å². The van der Waals surface area contributed by atoms with Crippen molar-refractivity contribution in [2.45, 2.75) is 23.7 Å². The molecular formula is C8H20N4O8. The summed E-state index contributed by atoms with van der Waals surface area (Å²) in [6.07, 6.45) is 0. The Morgan fingerprint density at radius 3 is 1.45 bits per heavy atom. The predicted octanol–water partition coefficient (Wildman–Crippen LogP) is -6.42. The summed E-state index contributed by atoms with van der Waals surface area (Å²) in [5.41, 5.74) is 15.0. The molecule has 0 bridgehead atoms. The van der Waals surface area contributed by atoms with E-state index >= 15 is 0 Å². The summed E-state index contributed by atoms with van der Waals surface area (Å²) in [4.78, 5) is 10.8. The van der Waals surface area contributed by atoms with Crippen molar-refractivity contribution in [2.24, 2.45) is 17.2 Å². The predicted molar refractivity (Wildman–Crippen MR) is 61.9 cm³/mol. The quantitative estimate of drug-likeness (QED) is 0.188. The SMILES string of the molecule is NCC(O)(O)[C@@H](C(=O)O)N(C(O)(O)CN)C(O)(O)CN. The second kappa shape index (κ2) is 6.23. The molecule has 0 aromatic heterocycles. The molecule has 0 amide bonds. The summed E-state index contributed by atoms with van der Waals surface area (Å²) in [6.45, 7) is -3.26. The number of nitrogens with two attached hydrogens (primary N) is 3. The number of rotatable bonds is 8. The second-order valence-corrected chi connectivity index (χ2v) is 4.15. The monoisotopic (exact) mass is 300 g/mol. The van der Waals surface area contributed by atoms with Crippen molar-refractivity contribution in [3.63, 3.8) is 0 Å². The maximum Gasteiger partial charge on any atom is 0.326 e. The molecule has 0 aliphatic carbocycles. The zero-order valence-corrected chi connectivity index (χ0v) is 10.4. The molecule has 0 aliphatic heterocycles. The Hall–Kier alpha value is -0.930. The number of aliphatic hydroxyl groups is 6. The van der Waals surface area contributed by atoms with E-state index in [1.54, 1.807) is 0 Å². The molecule has 1 atom stereocenters. The van der Waals surface area contributed by atoms with Crippen molar-refractivity contribution in [1.82, 2.24) is 4.90 Å². The molecule has 0 aliphatic rings. The molecule has 12 heteroatoms. The van der Waals surface area contributed by atoms with Gasteiger partial charge >= 0.3 is 5.97 Å². The number of hydrogen-bond acceptors (Lipinski definition) is 11. The number of carboxylic acid groups (broad SMARTS) is 1. The lowest BCUT2D eigenvalue weighted by Gasteiger charge is -2.47. The average molecular weight is 300 g/mol. The van der Waals surface area contributed by atoms with E-state index in [1.165, 1.54) is 0 Å². The zero-order valence-electron chi connectivity index (χ0n) is 10.4. The van der Waals surface area contributed by atoms with Crippen LogP contribution in [-0.2, 0) is 4.79 Å². The first-order valence-corrected chi connectivity index (χ1v) is 5.34. The van der Waals surface area contributed by atoms with Gasteiger partial charge < -0.3 is 52.9 Å². The Labute approximate surface area is 113 Å². The molecule has 0 radical (unpaired) electrons. The third kappa shape index (κ3) is 3.80. The average Bonchev–Trinajstić information content (AvgIpc) is 2.34. The van der Waals surface area contributed by atoms with E-state index in [2.05, 4.69) is 0 Å². The van der Waals surface area contributed by atoms with Crippen molar-refractivity contribution in [3.8, 4) is 0 Å². The van der Waals surface area contributed by atoms with Gasteiger partial charge in [-0.05, 0) is 0 Å². The molecule has 0 rings (SSSR count). The highest BCUT2D eigenvalue weighted by atomic mass is 16.6. The largest absolute Gasteiger partial charge is 0.480 e. The lowest BCUT2D eigenvalue weighted by molar-refractivity contribution is -0.404. The van der Waals surface area contributed by atoms with Gasteiger partial charge in [0, 0.05) is 6.54 Å². The molecule has 0 heterocycles. The molecule has 13 N–H and O–H groups in total. The molecule has 120 valence electrons. The maximum atomic E-state index is 11.1. The van der Waals surface area contributed by atoms with Crippen molar-refractivity contribution < 1.29 is 40.5 Å². The van der Waals surface area contributed by atoms with E-state index in [1.807, 2.05) is 0 Å². The molecule has 0 aromatic rings. The smallest absolute Gasteiger partial charge is 0.326 e. The van der Waals surface area contributed by atoms with Gasteiger partial charge in [-0.2, -0.15) is 4.90 Å². The van der Waals surface area contributed by atoms with Crippen LogP contribution in [0.5, 0.6) is 0 Å². The van der Waals surface area contributed by atoms with Crippen LogP contribution in [0.25, 0.3) is 0 Å². The van der Waals surface area contributed by atoms with Crippen LogP contribution < -0.4 is 17.2 Å². The summed E-state index contributed by atoms with van der Waals surface area (Å²) >= 11 is 0. The van der Waals surface area contributed by atoms with E-state index in [-0.39, 0.29) is 4.90 Å². The van der Waals surface area contributed by atoms with E-state index in [9.17, 15) is 35.4 Å². The van der Waals surface area contributed by atoms with Gasteiger partial charge in [-0.25, -0.2) is 0 Å². The number of nitrogens with zero attached hydrogens (tertiary/aromatic N) is 1. The summed E-state index contributed by atoms with van der Waals surface area (Å²) in [5.74, 6) is -11.9. The highest BCUT2D eigenvalue weighted by molar-refractivity contribution is 5.75. The lowest BCUT2D eigenvalue weighted by atomic mass is 10.0.